The molecule has 1 heterocycles. The summed E-state index contributed by atoms with van der Waals surface area (Å²) in [5.74, 6) is -0.691. The van der Waals surface area contributed by atoms with Crippen LogP contribution in [-0.4, -0.2) is 33.7 Å². The van der Waals surface area contributed by atoms with Crippen LogP contribution in [0.4, 0.5) is 5.69 Å². The van der Waals surface area contributed by atoms with Gasteiger partial charge < -0.3 is 14.9 Å². The van der Waals surface area contributed by atoms with E-state index in [1.807, 2.05) is 0 Å². The Morgan fingerprint density at radius 1 is 1.47 bits per heavy atom. The molecule has 0 saturated carbocycles. The van der Waals surface area contributed by atoms with Crippen molar-refractivity contribution in [1.29, 1.82) is 0 Å². The molecular formula is C10H13N3O5S. The third kappa shape index (κ3) is 2.78. The monoisotopic (exact) mass is 287 g/mol. The molecule has 104 valence electrons. The maximum absolute atomic E-state index is 12.0. The molecule has 2 aromatic rings. The summed E-state index contributed by atoms with van der Waals surface area (Å²) >= 11 is 0. The van der Waals surface area contributed by atoms with E-state index in [4.69, 9.17) is 14.9 Å². The zero-order valence-electron chi connectivity index (χ0n) is 10.1. The smallest absolute Gasteiger partial charge is 0.408 e. The highest BCUT2D eigenvalue weighted by Crippen LogP contribution is 2.22. The van der Waals surface area contributed by atoms with Gasteiger partial charge in [-0.3, -0.25) is 4.98 Å². The first-order chi connectivity index (χ1) is 8.94. The Morgan fingerprint density at radius 2 is 2.21 bits per heavy atom. The maximum Gasteiger partial charge on any atom is 0.417 e. The Morgan fingerprint density at radius 3 is 2.89 bits per heavy atom. The first kappa shape index (κ1) is 13.6. The van der Waals surface area contributed by atoms with E-state index in [1.54, 1.807) is 0 Å². The normalized spacial score (nSPS) is 12.1. The van der Waals surface area contributed by atoms with Crippen molar-refractivity contribution in [3.05, 3.63) is 22.7 Å². The second-order valence-electron chi connectivity index (χ2n) is 3.79. The predicted octanol–water partition coefficient (Wildman–Crippen LogP) is -0.372. The molecule has 19 heavy (non-hydrogen) atoms. The van der Waals surface area contributed by atoms with Gasteiger partial charge in [-0.25, -0.2) is 17.9 Å². The molecule has 0 atom stereocenters. The van der Waals surface area contributed by atoms with E-state index < -0.39 is 15.8 Å². The molecule has 8 nitrogen and oxygen atoms in total. The summed E-state index contributed by atoms with van der Waals surface area (Å²) in [5.41, 5.74) is 6.17. The average molecular weight is 287 g/mol. The van der Waals surface area contributed by atoms with Crippen molar-refractivity contribution in [3.63, 3.8) is 0 Å². The van der Waals surface area contributed by atoms with Gasteiger partial charge in [-0.15, -0.1) is 0 Å². The molecule has 1 aromatic carbocycles. The number of anilines is 1. The Kier molecular flexibility index (Phi) is 3.60. The third-order valence-electron chi connectivity index (χ3n) is 2.44. The van der Waals surface area contributed by atoms with Gasteiger partial charge in [-0.1, -0.05) is 0 Å². The summed E-state index contributed by atoms with van der Waals surface area (Å²) in [7, 11) is -2.26. The van der Waals surface area contributed by atoms with Crippen LogP contribution in [0, 0.1) is 0 Å². The fourth-order valence-corrected chi connectivity index (χ4v) is 2.63. The lowest BCUT2D eigenvalue weighted by molar-refractivity contribution is 0.204. The number of nitrogens with one attached hydrogen (secondary N) is 2. The van der Waals surface area contributed by atoms with Crippen molar-refractivity contribution < 1.29 is 17.6 Å². The third-order valence-corrected chi connectivity index (χ3v) is 3.88. The van der Waals surface area contributed by atoms with Crippen molar-refractivity contribution in [2.24, 2.45) is 0 Å². The van der Waals surface area contributed by atoms with Crippen molar-refractivity contribution in [2.45, 2.75) is 4.90 Å². The van der Waals surface area contributed by atoms with Gasteiger partial charge >= 0.3 is 5.76 Å². The quantitative estimate of drug-likeness (QED) is 0.508. The summed E-state index contributed by atoms with van der Waals surface area (Å²) in [4.78, 5) is 13.4. The second kappa shape index (κ2) is 5.03. The Labute approximate surface area is 108 Å². The molecule has 1 aromatic heterocycles. The molecule has 0 aliphatic carbocycles. The van der Waals surface area contributed by atoms with Gasteiger partial charge in [0.1, 0.15) is 5.52 Å². The van der Waals surface area contributed by atoms with Gasteiger partial charge in [0.25, 0.3) is 0 Å². The lowest BCUT2D eigenvalue weighted by atomic mass is 10.3. The molecule has 0 aliphatic heterocycles. The van der Waals surface area contributed by atoms with Gasteiger partial charge in [-0.05, 0) is 6.07 Å². The van der Waals surface area contributed by atoms with Crippen LogP contribution in [0.1, 0.15) is 0 Å². The molecule has 0 bridgehead atoms. The van der Waals surface area contributed by atoms with Gasteiger partial charge in [0.05, 0.1) is 17.2 Å². The molecule has 2 rings (SSSR count). The molecule has 0 fully saturated rings. The number of benzene rings is 1. The number of nitrogen functional groups attached to an aromatic ring is 1. The molecule has 9 heteroatoms. The van der Waals surface area contributed by atoms with Crippen LogP contribution in [-0.2, 0) is 14.8 Å². The van der Waals surface area contributed by atoms with E-state index in [9.17, 15) is 13.2 Å². The largest absolute Gasteiger partial charge is 0.417 e. The maximum atomic E-state index is 12.0. The molecule has 0 amide bonds. The Hall–Kier alpha value is -1.84. The number of hydrogen-bond donors (Lipinski definition) is 3. The fraction of sp³-hybridized carbons (Fsp3) is 0.300. The van der Waals surface area contributed by atoms with E-state index >= 15 is 0 Å². The molecule has 0 unspecified atom stereocenters. The van der Waals surface area contributed by atoms with Crippen LogP contribution in [0.3, 0.4) is 0 Å². The fourth-order valence-electron chi connectivity index (χ4n) is 1.57. The van der Waals surface area contributed by atoms with Crippen molar-refractivity contribution in [1.82, 2.24) is 9.71 Å². The molecule has 4 N–H and O–H groups in total. The van der Waals surface area contributed by atoms with Gasteiger partial charge in [0, 0.05) is 19.7 Å². The number of fused-ring (bicyclic) bond motifs is 1. The highest BCUT2D eigenvalue weighted by molar-refractivity contribution is 7.89. The molecule has 0 spiro atoms. The van der Waals surface area contributed by atoms with E-state index in [0.29, 0.717) is 0 Å². The van der Waals surface area contributed by atoms with Crippen molar-refractivity contribution in [3.8, 4) is 0 Å². The molecule has 0 aliphatic rings. The van der Waals surface area contributed by atoms with Crippen LogP contribution in [0.5, 0.6) is 0 Å². The summed E-state index contributed by atoms with van der Waals surface area (Å²) in [6.45, 7) is 0.379. The predicted molar refractivity (Wildman–Crippen MR) is 68.3 cm³/mol. The topological polar surface area (TPSA) is 127 Å². The van der Waals surface area contributed by atoms with Crippen molar-refractivity contribution >= 4 is 26.8 Å². The summed E-state index contributed by atoms with van der Waals surface area (Å²) in [6, 6.07) is 2.49. The summed E-state index contributed by atoms with van der Waals surface area (Å²) in [5, 5.41) is 0. The first-order valence-electron chi connectivity index (χ1n) is 5.35. The Bertz CT molecular complexity index is 746. The van der Waals surface area contributed by atoms with E-state index in [0.717, 1.165) is 0 Å². The SMILES string of the molecule is COCCNS(=O)(=O)c1cc(N)c2[nH]c(=O)oc2c1. The number of hydrogen-bond acceptors (Lipinski definition) is 6. The summed E-state index contributed by atoms with van der Waals surface area (Å²) < 4.78 is 35.8. The highest BCUT2D eigenvalue weighted by atomic mass is 32.2. The van der Waals surface area contributed by atoms with E-state index in [-0.39, 0.29) is 34.8 Å². The summed E-state index contributed by atoms with van der Waals surface area (Å²) in [6.07, 6.45) is 0. The number of H-pyrrole nitrogens is 1. The van der Waals surface area contributed by atoms with Gasteiger partial charge in [0.15, 0.2) is 5.58 Å². The number of ether oxygens (including phenoxy) is 1. The first-order valence-corrected chi connectivity index (χ1v) is 6.83. The molecular weight excluding hydrogens is 274 g/mol. The number of methoxy groups -OCH3 is 1. The minimum absolute atomic E-state index is 0.0728. The van der Waals surface area contributed by atoms with Crippen LogP contribution < -0.4 is 16.2 Å². The highest BCUT2D eigenvalue weighted by Gasteiger charge is 2.17. The number of aromatic nitrogens is 1. The van der Waals surface area contributed by atoms with E-state index in [1.165, 1.54) is 19.2 Å². The van der Waals surface area contributed by atoms with Crippen molar-refractivity contribution in [2.75, 3.05) is 26.0 Å². The number of nitrogens with two attached hydrogens (primary N) is 1. The van der Waals surface area contributed by atoms with Gasteiger partial charge in [-0.2, -0.15) is 0 Å². The zero-order chi connectivity index (χ0) is 14.0. The zero-order valence-corrected chi connectivity index (χ0v) is 10.9. The number of rotatable bonds is 5. The second-order valence-corrected chi connectivity index (χ2v) is 5.56. The van der Waals surface area contributed by atoms with Gasteiger partial charge in [0.2, 0.25) is 10.0 Å². The minimum atomic E-state index is -3.72. The molecule has 0 radical (unpaired) electrons. The lowest BCUT2D eigenvalue weighted by Gasteiger charge is -2.07. The van der Waals surface area contributed by atoms with E-state index in [2.05, 4.69) is 9.71 Å². The molecule has 0 saturated heterocycles. The number of aromatic amines is 1. The number of sulfonamides is 1. The minimum Gasteiger partial charge on any atom is -0.408 e. The number of oxazole rings is 1. The van der Waals surface area contributed by atoms with Crippen LogP contribution in [0.25, 0.3) is 11.1 Å². The lowest BCUT2D eigenvalue weighted by Crippen LogP contribution is -2.27. The Balaban J connectivity index is 2.42. The average Bonchev–Trinajstić information content (AvgIpc) is 2.70. The van der Waals surface area contributed by atoms with Crippen LogP contribution in [0.15, 0.2) is 26.2 Å². The van der Waals surface area contributed by atoms with Crippen LogP contribution in [0.2, 0.25) is 0 Å². The van der Waals surface area contributed by atoms with Crippen LogP contribution >= 0.6 is 0 Å². The standard InChI is InChI=1S/C10H13N3O5S/c1-17-3-2-12-19(15,16)6-4-7(11)9-8(5-6)18-10(14)13-9/h4-5,12H,2-3,11H2,1H3,(H,13,14).